The lowest BCUT2D eigenvalue weighted by molar-refractivity contribution is -0.173. The monoisotopic (exact) mass is 437 g/mol. The number of fused-ring (bicyclic) bond motifs is 1. The van der Waals surface area contributed by atoms with E-state index < -0.39 is 30.5 Å². The third kappa shape index (κ3) is 4.12. The second kappa shape index (κ2) is 6.73. The average Bonchev–Trinajstić information content (AvgIpc) is 2.46. The van der Waals surface area contributed by atoms with E-state index in [9.17, 15) is 27.9 Å². The minimum atomic E-state index is -5.04. The normalized spacial score (nSPS) is 12.9. The van der Waals surface area contributed by atoms with Crippen molar-refractivity contribution in [2.24, 2.45) is 0 Å². The van der Waals surface area contributed by atoms with Crippen LogP contribution in [0.4, 0.5) is 13.2 Å². The zero-order valence-corrected chi connectivity index (χ0v) is 13.7. The molecule has 122 valence electrons. The number of hydrogen-bond donors (Lipinski definition) is 2. The van der Waals surface area contributed by atoms with Gasteiger partial charge in [0.05, 0.1) is 5.92 Å². The number of carboxylic acids is 1. The Bertz CT molecular complexity index is 761. The van der Waals surface area contributed by atoms with Gasteiger partial charge in [0.15, 0.2) is 0 Å². The van der Waals surface area contributed by atoms with E-state index in [0.29, 0.717) is 10.9 Å². The van der Waals surface area contributed by atoms with Gasteiger partial charge in [0.2, 0.25) is 0 Å². The van der Waals surface area contributed by atoms with E-state index in [4.69, 9.17) is 0 Å². The van der Waals surface area contributed by atoms with Crippen molar-refractivity contribution >= 4 is 45.2 Å². The molecule has 0 saturated heterocycles. The highest BCUT2D eigenvalue weighted by atomic mass is 127. The second-order valence-corrected chi connectivity index (χ2v) is 6.06. The first-order valence-electron chi connectivity index (χ1n) is 6.46. The SMILES string of the molecule is O=C(O)C(CNC(=O)C(F)(F)F)c1cccc2ccc(I)cc12. The summed E-state index contributed by atoms with van der Waals surface area (Å²) in [6.07, 6.45) is -5.04. The molecule has 0 aliphatic carbocycles. The van der Waals surface area contributed by atoms with Gasteiger partial charge < -0.3 is 10.4 Å². The van der Waals surface area contributed by atoms with E-state index in [0.717, 1.165) is 8.96 Å². The molecule has 2 rings (SSSR count). The molecule has 2 aromatic rings. The summed E-state index contributed by atoms with van der Waals surface area (Å²) >= 11 is 2.06. The predicted molar refractivity (Wildman–Crippen MR) is 86.1 cm³/mol. The minimum Gasteiger partial charge on any atom is -0.481 e. The molecule has 2 aromatic carbocycles. The fraction of sp³-hybridized carbons (Fsp3) is 0.200. The van der Waals surface area contributed by atoms with Crippen LogP contribution < -0.4 is 5.32 Å². The molecule has 2 N–H and O–H groups in total. The Labute approximate surface area is 142 Å². The molecular weight excluding hydrogens is 426 g/mol. The van der Waals surface area contributed by atoms with Crippen molar-refractivity contribution in [1.29, 1.82) is 0 Å². The molecule has 0 spiro atoms. The van der Waals surface area contributed by atoms with Crippen LogP contribution in [0.5, 0.6) is 0 Å². The molecule has 23 heavy (non-hydrogen) atoms. The molecule has 0 heterocycles. The summed E-state index contributed by atoms with van der Waals surface area (Å²) in [6, 6.07) is 10.3. The first-order valence-corrected chi connectivity index (χ1v) is 7.54. The van der Waals surface area contributed by atoms with Gasteiger partial charge in [-0.25, -0.2) is 0 Å². The lowest BCUT2D eigenvalue weighted by Crippen LogP contribution is -2.40. The summed E-state index contributed by atoms with van der Waals surface area (Å²) in [7, 11) is 0. The van der Waals surface area contributed by atoms with Gasteiger partial charge in [0.25, 0.3) is 0 Å². The minimum absolute atomic E-state index is 0.357. The Morgan fingerprint density at radius 3 is 2.52 bits per heavy atom. The Morgan fingerprint density at radius 2 is 1.91 bits per heavy atom. The lowest BCUT2D eigenvalue weighted by atomic mass is 9.93. The number of hydrogen-bond acceptors (Lipinski definition) is 2. The maximum absolute atomic E-state index is 12.2. The average molecular weight is 437 g/mol. The fourth-order valence-corrected chi connectivity index (χ4v) is 2.69. The fourth-order valence-electron chi connectivity index (χ4n) is 2.20. The van der Waals surface area contributed by atoms with Gasteiger partial charge in [-0.05, 0) is 51.1 Å². The number of halogens is 4. The third-order valence-electron chi connectivity index (χ3n) is 3.28. The number of carbonyl (C=O) groups is 2. The van der Waals surface area contributed by atoms with E-state index in [1.165, 1.54) is 6.07 Å². The molecule has 0 aliphatic rings. The van der Waals surface area contributed by atoms with E-state index in [1.54, 1.807) is 29.6 Å². The topological polar surface area (TPSA) is 66.4 Å². The van der Waals surface area contributed by atoms with Crippen molar-refractivity contribution < 1.29 is 27.9 Å². The van der Waals surface area contributed by atoms with Crippen molar-refractivity contribution in [1.82, 2.24) is 5.32 Å². The molecule has 0 aromatic heterocycles. The first kappa shape index (κ1) is 17.5. The highest BCUT2D eigenvalue weighted by molar-refractivity contribution is 14.1. The van der Waals surface area contributed by atoms with Gasteiger partial charge in [-0.1, -0.05) is 24.3 Å². The summed E-state index contributed by atoms with van der Waals surface area (Å²) in [4.78, 5) is 22.4. The van der Waals surface area contributed by atoms with Crippen molar-refractivity contribution in [2.75, 3.05) is 6.54 Å². The van der Waals surface area contributed by atoms with Crippen LogP contribution in [0.2, 0.25) is 0 Å². The Kier molecular flexibility index (Phi) is 5.12. The summed E-state index contributed by atoms with van der Waals surface area (Å²) in [6.45, 7) is -0.641. The summed E-state index contributed by atoms with van der Waals surface area (Å²) in [5.74, 6) is -4.74. The number of alkyl halides is 3. The van der Waals surface area contributed by atoms with Gasteiger partial charge in [-0.3, -0.25) is 9.59 Å². The molecule has 0 aliphatic heterocycles. The largest absolute Gasteiger partial charge is 0.481 e. The molecule has 4 nitrogen and oxygen atoms in total. The van der Waals surface area contributed by atoms with Crippen molar-refractivity contribution in [3.63, 3.8) is 0 Å². The molecule has 0 bridgehead atoms. The number of rotatable bonds is 4. The number of amides is 1. The molecule has 0 fully saturated rings. The molecular formula is C15H11F3INO3. The number of aliphatic carboxylic acids is 1. The second-order valence-electron chi connectivity index (χ2n) is 4.81. The number of carbonyl (C=O) groups excluding carboxylic acids is 1. The van der Waals surface area contributed by atoms with Gasteiger partial charge in [-0.15, -0.1) is 0 Å². The Balaban J connectivity index is 2.37. The van der Waals surface area contributed by atoms with Gasteiger partial charge in [0, 0.05) is 10.1 Å². The van der Waals surface area contributed by atoms with Gasteiger partial charge >= 0.3 is 18.1 Å². The van der Waals surface area contributed by atoms with Crippen LogP contribution in [-0.2, 0) is 9.59 Å². The predicted octanol–water partition coefficient (Wildman–Crippen LogP) is 3.29. The summed E-state index contributed by atoms with van der Waals surface area (Å²) in [5, 5.41) is 12.4. The number of nitrogens with one attached hydrogen (secondary N) is 1. The van der Waals surface area contributed by atoms with E-state index >= 15 is 0 Å². The standard InChI is InChI=1S/C15H11F3INO3/c16-15(17,18)14(23)20-7-12(13(21)22)10-3-1-2-8-4-5-9(19)6-11(8)10/h1-6,12H,7H2,(H,20,23)(H,21,22). The first-order chi connectivity index (χ1) is 10.7. The van der Waals surface area contributed by atoms with Gasteiger partial charge in [0.1, 0.15) is 0 Å². The zero-order valence-electron chi connectivity index (χ0n) is 11.5. The van der Waals surface area contributed by atoms with Crippen LogP contribution >= 0.6 is 22.6 Å². The number of carboxylic acid groups (broad SMARTS) is 1. The maximum atomic E-state index is 12.2. The third-order valence-corrected chi connectivity index (χ3v) is 3.95. The molecule has 8 heteroatoms. The molecule has 1 atom stereocenters. The smallest absolute Gasteiger partial charge is 0.471 e. The van der Waals surface area contributed by atoms with E-state index in [-0.39, 0.29) is 0 Å². The van der Waals surface area contributed by atoms with Crippen LogP contribution in [0, 0.1) is 3.57 Å². The van der Waals surface area contributed by atoms with Crippen LogP contribution in [0.15, 0.2) is 36.4 Å². The molecule has 0 saturated carbocycles. The lowest BCUT2D eigenvalue weighted by Gasteiger charge is -2.17. The van der Waals surface area contributed by atoms with Crippen LogP contribution in [-0.4, -0.2) is 29.7 Å². The van der Waals surface area contributed by atoms with E-state index in [2.05, 4.69) is 22.6 Å². The molecule has 0 radical (unpaired) electrons. The number of benzene rings is 2. The van der Waals surface area contributed by atoms with Crippen molar-refractivity contribution in [3.05, 3.63) is 45.5 Å². The summed E-state index contributed by atoms with van der Waals surface area (Å²) in [5.41, 5.74) is 0.357. The zero-order chi connectivity index (χ0) is 17.2. The quantitative estimate of drug-likeness (QED) is 0.722. The van der Waals surface area contributed by atoms with Crippen molar-refractivity contribution in [3.8, 4) is 0 Å². The highest BCUT2D eigenvalue weighted by Crippen LogP contribution is 2.27. The van der Waals surface area contributed by atoms with Gasteiger partial charge in [-0.2, -0.15) is 13.2 Å². The van der Waals surface area contributed by atoms with Crippen LogP contribution in [0.25, 0.3) is 10.8 Å². The van der Waals surface area contributed by atoms with E-state index in [1.807, 2.05) is 6.07 Å². The van der Waals surface area contributed by atoms with Crippen LogP contribution in [0.3, 0.4) is 0 Å². The molecule has 1 unspecified atom stereocenters. The Morgan fingerprint density at radius 1 is 1.22 bits per heavy atom. The summed E-state index contributed by atoms with van der Waals surface area (Å²) < 4.78 is 37.6. The highest BCUT2D eigenvalue weighted by Gasteiger charge is 2.39. The molecule has 1 amide bonds. The van der Waals surface area contributed by atoms with Crippen molar-refractivity contribution in [2.45, 2.75) is 12.1 Å². The van der Waals surface area contributed by atoms with Crippen LogP contribution in [0.1, 0.15) is 11.5 Å². The maximum Gasteiger partial charge on any atom is 0.471 e. The Hall–Kier alpha value is -1.84.